The van der Waals surface area contributed by atoms with Crippen LogP contribution < -0.4 is 10.5 Å². The molecule has 0 saturated heterocycles. The van der Waals surface area contributed by atoms with Gasteiger partial charge in [-0.1, -0.05) is 26.0 Å². The van der Waals surface area contributed by atoms with Crippen molar-refractivity contribution in [2.24, 2.45) is 11.7 Å². The van der Waals surface area contributed by atoms with Crippen molar-refractivity contribution >= 4 is 5.84 Å². The lowest BCUT2D eigenvalue weighted by Gasteiger charge is -2.21. The third kappa shape index (κ3) is 4.10. The van der Waals surface area contributed by atoms with Crippen LogP contribution in [0, 0.1) is 11.3 Å². The molecule has 0 aromatic heterocycles. The van der Waals surface area contributed by atoms with Crippen LogP contribution in [0.4, 0.5) is 0 Å². The fourth-order valence-electron chi connectivity index (χ4n) is 2.05. The van der Waals surface area contributed by atoms with E-state index in [1.807, 2.05) is 12.1 Å². The minimum absolute atomic E-state index is 0.268. The van der Waals surface area contributed by atoms with E-state index in [0.29, 0.717) is 18.3 Å². The quantitative estimate of drug-likeness (QED) is 0.586. The topological polar surface area (TPSA) is 59.1 Å². The second-order valence-corrected chi connectivity index (χ2v) is 4.69. The maximum Gasteiger partial charge on any atom is 0.118 e. The summed E-state index contributed by atoms with van der Waals surface area (Å²) < 4.78 is 5.15. The Morgan fingerprint density at radius 2 is 1.88 bits per heavy atom. The van der Waals surface area contributed by atoms with Crippen LogP contribution in [0.3, 0.4) is 0 Å². The van der Waals surface area contributed by atoms with Crippen molar-refractivity contribution in [3.63, 3.8) is 0 Å². The lowest BCUT2D eigenvalue weighted by atomic mass is 9.84. The Kier molecular flexibility index (Phi) is 5.01. The highest BCUT2D eigenvalue weighted by atomic mass is 16.5. The van der Waals surface area contributed by atoms with Crippen LogP contribution in [0.25, 0.3) is 0 Å². The fourth-order valence-corrected chi connectivity index (χ4v) is 2.05. The highest BCUT2D eigenvalue weighted by molar-refractivity contribution is 5.76. The molecule has 94 valence electrons. The number of benzene rings is 1. The fraction of sp³-hybridized carbons (Fsp3) is 0.500. The number of methoxy groups -OCH3 is 1. The van der Waals surface area contributed by atoms with Gasteiger partial charge in [0.1, 0.15) is 5.75 Å². The van der Waals surface area contributed by atoms with Crippen LogP contribution in [-0.4, -0.2) is 12.9 Å². The van der Waals surface area contributed by atoms with E-state index in [1.165, 1.54) is 5.56 Å². The Morgan fingerprint density at radius 3 is 2.29 bits per heavy atom. The molecule has 1 unspecified atom stereocenters. The van der Waals surface area contributed by atoms with E-state index < -0.39 is 0 Å². The van der Waals surface area contributed by atoms with Gasteiger partial charge in [-0.15, -0.1) is 0 Å². The third-order valence-corrected chi connectivity index (χ3v) is 3.07. The van der Waals surface area contributed by atoms with Gasteiger partial charge in [-0.25, -0.2) is 0 Å². The molecule has 0 fully saturated rings. The predicted octanol–water partition coefficient (Wildman–Crippen LogP) is 3.15. The van der Waals surface area contributed by atoms with Crippen molar-refractivity contribution in [3.8, 4) is 5.75 Å². The monoisotopic (exact) mass is 234 g/mol. The number of ether oxygens (including phenoxy) is 1. The van der Waals surface area contributed by atoms with Gasteiger partial charge in [0, 0.05) is 6.42 Å². The molecular formula is C14H22N2O. The Morgan fingerprint density at radius 1 is 1.29 bits per heavy atom. The molecule has 1 aromatic rings. The molecule has 0 radical (unpaired) electrons. The third-order valence-electron chi connectivity index (χ3n) is 3.07. The summed E-state index contributed by atoms with van der Waals surface area (Å²) in [5.74, 6) is 2.14. The van der Waals surface area contributed by atoms with Gasteiger partial charge in [0.2, 0.25) is 0 Å². The molecule has 0 aliphatic carbocycles. The van der Waals surface area contributed by atoms with E-state index in [9.17, 15) is 0 Å². The Hall–Kier alpha value is -1.51. The summed E-state index contributed by atoms with van der Waals surface area (Å²) >= 11 is 0. The molecule has 1 atom stereocenters. The molecule has 0 aliphatic heterocycles. The molecule has 0 spiro atoms. The normalized spacial score (nSPS) is 12.5. The summed E-state index contributed by atoms with van der Waals surface area (Å²) in [7, 11) is 1.67. The largest absolute Gasteiger partial charge is 0.497 e. The van der Waals surface area contributed by atoms with Crippen molar-refractivity contribution in [3.05, 3.63) is 29.8 Å². The molecule has 1 aromatic carbocycles. The SMILES string of the molecule is COc1ccc(C(CCC(=N)N)C(C)C)cc1. The molecule has 0 bridgehead atoms. The minimum atomic E-state index is 0.268. The van der Waals surface area contributed by atoms with Crippen molar-refractivity contribution in [2.45, 2.75) is 32.6 Å². The molecule has 0 amide bonds. The van der Waals surface area contributed by atoms with E-state index in [0.717, 1.165) is 12.2 Å². The van der Waals surface area contributed by atoms with Crippen LogP contribution in [-0.2, 0) is 0 Å². The highest BCUT2D eigenvalue weighted by Crippen LogP contribution is 2.30. The summed E-state index contributed by atoms with van der Waals surface area (Å²) in [6.45, 7) is 4.41. The van der Waals surface area contributed by atoms with E-state index in [2.05, 4.69) is 26.0 Å². The zero-order chi connectivity index (χ0) is 12.8. The second kappa shape index (κ2) is 6.28. The van der Waals surface area contributed by atoms with Crippen molar-refractivity contribution < 1.29 is 4.74 Å². The number of hydrogen-bond acceptors (Lipinski definition) is 2. The smallest absolute Gasteiger partial charge is 0.118 e. The second-order valence-electron chi connectivity index (χ2n) is 4.69. The maximum atomic E-state index is 7.31. The van der Waals surface area contributed by atoms with Crippen LogP contribution in [0.2, 0.25) is 0 Å². The summed E-state index contributed by atoms with van der Waals surface area (Å²) in [6.07, 6.45) is 1.59. The zero-order valence-corrected chi connectivity index (χ0v) is 10.9. The van der Waals surface area contributed by atoms with Crippen LogP contribution in [0.15, 0.2) is 24.3 Å². The zero-order valence-electron chi connectivity index (χ0n) is 10.9. The van der Waals surface area contributed by atoms with E-state index in [4.69, 9.17) is 15.9 Å². The maximum absolute atomic E-state index is 7.31. The first kappa shape index (κ1) is 13.6. The average molecular weight is 234 g/mol. The summed E-state index contributed by atoms with van der Waals surface area (Å²) in [6, 6.07) is 8.17. The summed E-state index contributed by atoms with van der Waals surface area (Å²) in [4.78, 5) is 0. The summed E-state index contributed by atoms with van der Waals surface area (Å²) in [5.41, 5.74) is 6.72. The lowest BCUT2D eigenvalue weighted by Crippen LogP contribution is -2.14. The van der Waals surface area contributed by atoms with Gasteiger partial charge in [0.15, 0.2) is 0 Å². The number of amidine groups is 1. The number of nitrogens with one attached hydrogen (secondary N) is 1. The van der Waals surface area contributed by atoms with E-state index in [-0.39, 0.29) is 5.84 Å². The Balaban J connectivity index is 2.78. The van der Waals surface area contributed by atoms with Gasteiger partial charge < -0.3 is 10.5 Å². The first-order valence-corrected chi connectivity index (χ1v) is 6.01. The van der Waals surface area contributed by atoms with Crippen LogP contribution in [0.5, 0.6) is 5.75 Å². The van der Waals surface area contributed by atoms with Gasteiger partial charge >= 0.3 is 0 Å². The molecular weight excluding hydrogens is 212 g/mol. The average Bonchev–Trinajstić information content (AvgIpc) is 2.29. The van der Waals surface area contributed by atoms with Gasteiger partial charge in [0.25, 0.3) is 0 Å². The lowest BCUT2D eigenvalue weighted by molar-refractivity contribution is 0.413. The summed E-state index contributed by atoms with van der Waals surface area (Å²) in [5, 5.41) is 7.31. The van der Waals surface area contributed by atoms with Crippen molar-refractivity contribution in [2.75, 3.05) is 7.11 Å². The molecule has 0 aliphatic rings. The van der Waals surface area contributed by atoms with E-state index >= 15 is 0 Å². The van der Waals surface area contributed by atoms with Gasteiger partial charge in [0.05, 0.1) is 12.9 Å². The Bertz CT molecular complexity index is 357. The number of nitrogens with two attached hydrogens (primary N) is 1. The van der Waals surface area contributed by atoms with Crippen LogP contribution in [0.1, 0.15) is 38.2 Å². The van der Waals surface area contributed by atoms with Gasteiger partial charge in [-0.05, 0) is 36.0 Å². The minimum Gasteiger partial charge on any atom is -0.497 e. The van der Waals surface area contributed by atoms with Crippen molar-refractivity contribution in [1.29, 1.82) is 5.41 Å². The molecule has 1 rings (SSSR count). The van der Waals surface area contributed by atoms with Crippen molar-refractivity contribution in [1.82, 2.24) is 0 Å². The predicted molar refractivity (Wildman–Crippen MR) is 71.7 cm³/mol. The number of rotatable bonds is 6. The first-order chi connectivity index (χ1) is 8.04. The van der Waals surface area contributed by atoms with Gasteiger partial charge in [-0.3, -0.25) is 5.41 Å². The molecule has 0 saturated carbocycles. The highest BCUT2D eigenvalue weighted by Gasteiger charge is 2.15. The molecule has 3 heteroatoms. The molecule has 17 heavy (non-hydrogen) atoms. The standard InChI is InChI=1S/C14H22N2O/c1-10(2)13(8-9-14(15)16)11-4-6-12(17-3)7-5-11/h4-7,10,13H,8-9H2,1-3H3,(H3,15,16). The van der Waals surface area contributed by atoms with Gasteiger partial charge in [-0.2, -0.15) is 0 Å². The molecule has 3 nitrogen and oxygen atoms in total. The van der Waals surface area contributed by atoms with E-state index in [1.54, 1.807) is 7.11 Å². The number of hydrogen-bond donors (Lipinski definition) is 2. The molecule has 0 heterocycles. The molecule has 3 N–H and O–H groups in total. The first-order valence-electron chi connectivity index (χ1n) is 6.01. The van der Waals surface area contributed by atoms with Crippen LogP contribution >= 0.6 is 0 Å². The Labute approximate surface area is 103 Å².